The molecule has 3 unspecified atom stereocenters. The fraction of sp³-hybridized carbons (Fsp3) is 0.769. The lowest BCUT2D eigenvalue weighted by molar-refractivity contribution is 0.0650. The molecule has 0 spiro atoms. The highest BCUT2D eigenvalue weighted by Gasteiger charge is 2.14. The summed E-state index contributed by atoms with van der Waals surface area (Å²) in [6.07, 6.45) is 5.96. The Kier molecular flexibility index (Phi) is 23.7. The van der Waals surface area contributed by atoms with E-state index in [4.69, 9.17) is 19.5 Å². The first-order valence-electron chi connectivity index (χ1n) is 12.8. The number of benzene rings is 1. The summed E-state index contributed by atoms with van der Waals surface area (Å²) in [6, 6.07) is 6.54. The van der Waals surface area contributed by atoms with Gasteiger partial charge in [0.05, 0.1) is 44.5 Å². The molecule has 1 fully saturated rings. The third-order valence-electron chi connectivity index (χ3n) is 5.51. The number of aliphatic hydroxyl groups excluding tert-OH is 2. The Morgan fingerprint density at radius 2 is 1.47 bits per heavy atom. The largest absolute Gasteiger partial charge is 0.394 e. The number of morpholine rings is 1. The van der Waals surface area contributed by atoms with Gasteiger partial charge in [0.1, 0.15) is 0 Å². The molecule has 1 heterocycles. The summed E-state index contributed by atoms with van der Waals surface area (Å²) < 4.78 is 40.7. The Balaban J connectivity index is 0. The summed E-state index contributed by atoms with van der Waals surface area (Å²) in [6.45, 7) is 13.7. The van der Waals surface area contributed by atoms with Crippen molar-refractivity contribution < 1.29 is 32.7 Å². The van der Waals surface area contributed by atoms with Crippen molar-refractivity contribution in [2.45, 2.75) is 64.7 Å². The second-order valence-electron chi connectivity index (χ2n) is 9.32. The topological polar surface area (TPSA) is 160 Å². The van der Waals surface area contributed by atoms with Crippen LogP contribution in [0.4, 0.5) is 0 Å². The van der Waals surface area contributed by atoms with Gasteiger partial charge in [0.2, 0.25) is 0 Å². The van der Waals surface area contributed by atoms with Crippen LogP contribution >= 0.6 is 0 Å². The minimum atomic E-state index is -4.09. The van der Waals surface area contributed by atoms with Crippen molar-refractivity contribution in [2.24, 2.45) is 17.8 Å². The number of hydrogen-bond acceptors (Lipinski definition) is 8. The molecule has 0 aliphatic carbocycles. The Morgan fingerprint density at radius 3 is 1.86 bits per heavy atom. The van der Waals surface area contributed by atoms with E-state index >= 15 is 0 Å². The maximum Gasteiger partial charge on any atom is 0.294 e. The number of hydrogen-bond donors (Lipinski definition) is 5. The van der Waals surface area contributed by atoms with E-state index in [9.17, 15) is 8.42 Å². The molecule has 1 aromatic carbocycles. The third-order valence-corrected chi connectivity index (χ3v) is 6.38. The van der Waals surface area contributed by atoms with Crippen LogP contribution in [0, 0.1) is 17.8 Å². The molecule has 3 atom stereocenters. The first kappa shape index (κ1) is 37.0. The molecule has 1 aromatic rings. The van der Waals surface area contributed by atoms with Crippen molar-refractivity contribution in [3.63, 3.8) is 0 Å². The molecule has 1 aliphatic rings. The Hall–Kier alpha value is -1.11. The van der Waals surface area contributed by atoms with Crippen molar-refractivity contribution in [1.29, 1.82) is 0 Å². The monoisotopic (exact) mass is 536 g/mol. The standard InChI is InChI=1S/C18H30O3S.C4H9NO.C4H10O3.H3N/c1-5-6-14(2)11-15(3)12-16(4)13-17-7-9-18(10-8-17)22(19,20)21;1-3-6-4-2-5-1;5-1-3-7-4-2-6;/h7-10,14-16H,5-6,11-13H2,1-4H3,(H,19,20,21);5H,1-4H2;5-6H,1-4H2;1H3. The predicted octanol–water partition coefficient (Wildman–Crippen LogP) is 3.72. The van der Waals surface area contributed by atoms with Gasteiger partial charge < -0.3 is 31.2 Å². The van der Waals surface area contributed by atoms with Crippen molar-refractivity contribution in [1.82, 2.24) is 11.5 Å². The van der Waals surface area contributed by atoms with Crippen molar-refractivity contribution in [3.8, 4) is 0 Å². The van der Waals surface area contributed by atoms with Gasteiger partial charge >= 0.3 is 0 Å². The molecule has 0 aromatic heterocycles. The van der Waals surface area contributed by atoms with Crippen LogP contribution in [-0.2, 0) is 26.0 Å². The molecule has 0 bridgehead atoms. The van der Waals surface area contributed by atoms with Gasteiger partial charge in [-0.05, 0) is 54.7 Å². The number of nitrogens with one attached hydrogen (secondary N) is 1. The van der Waals surface area contributed by atoms with Crippen LogP contribution in [0.3, 0.4) is 0 Å². The van der Waals surface area contributed by atoms with Gasteiger partial charge in [0, 0.05) is 13.1 Å². The molecule has 10 heteroatoms. The maximum atomic E-state index is 11.0. The van der Waals surface area contributed by atoms with E-state index in [0.29, 0.717) is 25.0 Å². The lowest BCUT2D eigenvalue weighted by Crippen LogP contribution is -2.30. The minimum absolute atomic E-state index is 0. The smallest absolute Gasteiger partial charge is 0.294 e. The summed E-state index contributed by atoms with van der Waals surface area (Å²) in [7, 11) is -4.09. The van der Waals surface area contributed by atoms with Crippen LogP contribution in [0.25, 0.3) is 0 Å². The lowest BCUT2D eigenvalue weighted by atomic mass is 9.86. The summed E-state index contributed by atoms with van der Waals surface area (Å²) in [5.41, 5.74) is 1.12. The molecule has 1 saturated heterocycles. The highest BCUT2D eigenvalue weighted by Crippen LogP contribution is 2.24. The number of rotatable bonds is 13. The zero-order valence-corrected chi connectivity index (χ0v) is 23.6. The fourth-order valence-corrected chi connectivity index (χ4v) is 4.59. The highest BCUT2D eigenvalue weighted by atomic mass is 32.2. The maximum absolute atomic E-state index is 11.0. The van der Waals surface area contributed by atoms with Gasteiger partial charge in [-0.15, -0.1) is 0 Å². The molecule has 214 valence electrons. The average molecular weight is 537 g/mol. The van der Waals surface area contributed by atoms with Gasteiger partial charge in [-0.2, -0.15) is 8.42 Å². The van der Waals surface area contributed by atoms with Crippen LogP contribution in [-0.4, -0.2) is 75.9 Å². The molecule has 0 radical (unpaired) electrons. The van der Waals surface area contributed by atoms with Crippen molar-refractivity contribution in [2.75, 3.05) is 52.7 Å². The van der Waals surface area contributed by atoms with E-state index in [2.05, 4.69) is 37.7 Å². The van der Waals surface area contributed by atoms with Gasteiger partial charge in [-0.1, -0.05) is 52.7 Å². The zero-order chi connectivity index (χ0) is 26.5. The molecule has 0 saturated carbocycles. The van der Waals surface area contributed by atoms with Crippen LogP contribution < -0.4 is 11.5 Å². The van der Waals surface area contributed by atoms with E-state index in [0.717, 1.165) is 44.2 Å². The first-order valence-corrected chi connectivity index (χ1v) is 14.2. The Labute approximate surface area is 219 Å². The van der Waals surface area contributed by atoms with E-state index in [1.807, 2.05) is 0 Å². The summed E-state index contributed by atoms with van der Waals surface area (Å²) in [4.78, 5) is -0.0364. The van der Waals surface area contributed by atoms with Crippen molar-refractivity contribution in [3.05, 3.63) is 29.8 Å². The van der Waals surface area contributed by atoms with Gasteiger partial charge in [-0.3, -0.25) is 4.55 Å². The molecule has 36 heavy (non-hydrogen) atoms. The van der Waals surface area contributed by atoms with Crippen LogP contribution in [0.2, 0.25) is 0 Å². The second-order valence-corrected chi connectivity index (χ2v) is 10.7. The summed E-state index contributed by atoms with van der Waals surface area (Å²) >= 11 is 0. The van der Waals surface area contributed by atoms with Crippen molar-refractivity contribution >= 4 is 10.1 Å². The first-order chi connectivity index (χ1) is 16.6. The normalized spacial score (nSPS) is 15.8. The lowest BCUT2D eigenvalue weighted by Gasteiger charge is -2.20. The number of aliphatic hydroxyl groups is 2. The molecule has 0 amide bonds. The van der Waals surface area contributed by atoms with Crippen LogP contribution in [0.1, 0.15) is 58.9 Å². The van der Waals surface area contributed by atoms with E-state index in [1.165, 1.54) is 37.8 Å². The van der Waals surface area contributed by atoms with Crippen LogP contribution in [0.5, 0.6) is 0 Å². The predicted molar refractivity (Wildman–Crippen MR) is 145 cm³/mol. The summed E-state index contributed by atoms with van der Waals surface area (Å²) in [5, 5.41) is 19.3. The van der Waals surface area contributed by atoms with Gasteiger partial charge in [0.25, 0.3) is 10.1 Å². The average Bonchev–Trinajstić information content (AvgIpc) is 2.81. The molecular formula is C26H52N2O7S. The van der Waals surface area contributed by atoms with Gasteiger partial charge in [0.15, 0.2) is 0 Å². The van der Waals surface area contributed by atoms with Gasteiger partial charge in [-0.25, -0.2) is 0 Å². The fourth-order valence-electron chi connectivity index (χ4n) is 4.11. The molecule has 9 nitrogen and oxygen atoms in total. The van der Waals surface area contributed by atoms with Crippen LogP contribution in [0.15, 0.2) is 29.2 Å². The summed E-state index contributed by atoms with van der Waals surface area (Å²) in [5.74, 6) is 2.08. The minimum Gasteiger partial charge on any atom is -0.394 e. The highest BCUT2D eigenvalue weighted by molar-refractivity contribution is 7.85. The van der Waals surface area contributed by atoms with E-state index in [-0.39, 0.29) is 24.3 Å². The SMILES string of the molecule is C1COCCN1.CCCC(C)CC(C)CC(C)Cc1ccc(S(=O)(=O)O)cc1.N.OCCOCCO. The van der Waals surface area contributed by atoms with E-state index in [1.54, 1.807) is 12.1 Å². The Bertz CT molecular complexity index is 698. The zero-order valence-electron chi connectivity index (χ0n) is 22.8. The quantitative estimate of drug-likeness (QED) is 0.187. The third kappa shape index (κ3) is 21.0. The number of ether oxygens (including phenoxy) is 2. The molecule has 1 aliphatic heterocycles. The molecular weight excluding hydrogens is 484 g/mol. The Morgan fingerprint density at radius 1 is 0.944 bits per heavy atom. The second kappa shape index (κ2) is 23.0. The van der Waals surface area contributed by atoms with E-state index < -0.39 is 10.1 Å². The molecule has 7 N–H and O–H groups in total. The molecule has 2 rings (SSSR count).